The van der Waals surface area contributed by atoms with Crippen LogP contribution in [-0.4, -0.2) is 16.4 Å². The van der Waals surface area contributed by atoms with Crippen LogP contribution in [-0.2, 0) is 0 Å². The van der Waals surface area contributed by atoms with Crippen LogP contribution in [0.3, 0.4) is 0 Å². The molecule has 62 valence electrons. The van der Waals surface area contributed by atoms with Crippen LogP contribution in [0.1, 0.15) is 5.56 Å². The van der Waals surface area contributed by atoms with Gasteiger partial charge in [0.2, 0.25) is 0 Å². The molecule has 3 nitrogen and oxygen atoms in total. The summed E-state index contributed by atoms with van der Waals surface area (Å²) in [5, 5.41) is 10.9. The zero-order chi connectivity index (χ0) is 6.53. The van der Waals surface area contributed by atoms with Crippen LogP contribution in [0.2, 0.25) is 0 Å². The number of aromatic nitrogens is 1. The summed E-state index contributed by atoms with van der Waals surface area (Å²) in [5.41, 5.74) is 0.840. The largest absolute Gasteiger partial charge is 0.411 e. The topological polar surface area (TPSA) is 45.5 Å². The molecule has 0 radical (unpaired) electrons. The van der Waals surface area contributed by atoms with Gasteiger partial charge < -0.3 is 5.21 Å². The van der Waals surface area contributed by atoms with Crippen molar-refractivity contribution in [3.63, 3.8) is 0 Å². The van der Waals surface area contributed by atoms with E-state index in [2.05, 4.69) is 10.1 Å². The van der Waals surface area contributed by atoms with E-state index in [0.717, 1.165) is 5.56 Å². The van der Waals surface area contributed by atoms with Crippen LogP contribution in [0.25, 0.3) is 0 Å². The third-order valence-corrected chi connectivity index (χ3v) is 0.913. The van der Waals surface area contributed by atoms with Crippen molar-refractivity contribution in [1.82, 2.24) is 4.98 Å². The summed E-state index contributed by atoms with van der Waals surface area (Å²) in [5.74, 6) is 0. The van der Waals surface area contributed by atoms with Crippen LogP contribution in [0.5, 0.6) is 0 Å². The number of oxime groups is 1. The van der Waals surface area contributed by atoms with Gasteiger partial charge in [-0.3, -0.25) is 4.98 Å². The number of pyridine rings is 1. The minimum Gasteiger partial charge on any atom is -0.411 e. The fourth-order valence-electron chi connectivity index (χ4n) is 0.516. The Morgan fingerprint density at radius 1 is 1.27 bits per heavy atom. The maximum atomic E-state index is 8.07. The summed E-state index contributed by atoms with van der Waals surface area (Å²) in [6.45, 7) is 0. The molecule has 0 saturated heterocycles. The Morgan fingerprint density at radius 2 is 1.82 bits per heavy atom. The van der Waals surface area contributed by atoms with Crippen molar-refractivity contribution in [3.05, 3.63) is 30.1 Å². The predicted molar refractivity (Wildman–Crippen MR) is 48.1 cm³/mol. The molecule has 0 aliphatic rings. The summed E-state index contributed by atoms with van der Waals surface area (Å²) >= 11 is 0. The minimum absolute atomic E-state index is 0. The smallest absolute Gasteiger partial charge is 0.0734 e. The zero-order valence-corrected chi connectivity index (χ0v) is 7.18. The van der Waals surface area contributed by atoms with Gasteiger partial charge in [0, 0.05) is 12.4 Å². The maximum absolute atomic E-state index is 8.07. The van der Waals surface area contributed by atoms with Gasteiger partial charge in [0.25, 0.3) is 0 Å². The van der Waals surface area contributed by atoms with Gasteiger partial charge >= 0.3 is 0 Å². The number of hydrogen-bond donors (Lipinski definition) is 1. The van der Waals surface area contributed by atoms with Gasteiger partial charge in [0.15, 0.2) is 0 Å². The number of halogens is 2. The summed E-state index contributed by atoms with van der Waals surface area (Å²) in [6, 6.07) is 3.50. The molecule has 0 saturated carbocycles. The Bertz CT molecular complexity index is 203. The summed E-state index contributed by atoms with van der Waals surface area (Å²) < 4.78 is 0. The Kier molecular flexibility index (Phi) is 8.53. The quantitative estimate of drug-likeness (QED) is 0.421. The van der Waals surface area contributed by atoms with E-state index in [0.29, 0.717) is 0 Å². The molecule has 0 aromatic carbocycles. The molecule has 1 aromatic rings. The molecule has 11 heavy (non-hydrogen) atoms. The predicted octanol–water partition coefficient (Wildman–Crippen LogP) is 1.73. The molecule has 0 amide bonds. The molecule has 0 spiro atoms. The lowest BCUT2D eigenvalue weighted by Crippen LogP contribution is -1.78. The van der Waals surface area contributed by atoms with Gasteiger partial charge in [-0.25, -0.2) is 0 Å². The Balaban J connectivity index is 0. The van der Waals surface area contributed by atoms with Crippen molar-refractivity contribution in [2.75, 3.05) is 0 Å². The fraction of sp³-hybridized carbons (Fsp3) is 0. The van der Waals surface area contributed by atoms with Gasteiger partial charge in [-0.2, -0.15) is 0 Å². The van der Waals surface area contributed by atoms with Gasteiger partial charge in [-0.15, -0.1) is 24.8 Å². The fourth-order valence-corrected chi connectivity index (χ4v) is 0.516. The lowest BCUT2D eigenvalue weighted by Gasteiger charge is -1.84. The maximum Gasteiger partial charge on any atom is 0.0734 e. The summed E-state index contributed by atoms with van der Waals surface area (Å²) in [7, 11) is 0. The molecule has 5 heteroatoms. The second kappa shape index (κ2) is 7.31. The molecule has 0 aliphatic carbocycles. The van der Waals surface area contributed by atoms with Gasteiger partial charge in [0.05, 0.1) is 6.21 Å². The Morgan fingerprint density at radius 3 is 2.27 bits per heavy atom. The molecular formula is C6H8Cl2N2O. The van der Waals surface area contributed by atoms with Crippen molar-refractivity contribution in [2.45, 2.75) is 0 Å². The van der Waals surface area contributed by atoms with Crippen LogP contribution in [0.4, 0.5) is 0 Å². The molecule has 0 bridgehead atoms. The first-order valence-corrected chi connectivity index (χ1v) is 2.51. The second-order valence-electron chi connectivity index (χ2n) is 1.53. The molecule has 0 atom stereocenters. The third kappa shape index (κ3) is 4.58. The van der Waals surface area contributed by atoms with E-state index in [1.165, 1.54) is 6.21 Å². The van der Waals surface area contributed by atoms with Gasteiger partial charge in [-0.05, 0) is 17.7 Å². The van der Waals surface area contributed by atoms with E-state index in [9.17, 15) is 0 Å². The number of rotatable bonds is 1. The molecule has 1 N–H and O–H groups in total. The molecular weight excluding hydrogens is 187 g/mol. The third-order valence-electron chi connectivity index (χ3n) is 0.913. The van der Waals surface area contributed by atoms with E-state index in [1.54, 1.807) is 24.5 Å². The Labute approximate surface area is 77.0 Å². The van der Waals surface area contributed by atoms with Crippen molar-refractivity contribution < 1.29 is 5.21 Å². The van der Waals surface area contributed by atoms with Crippen molar-refractivity contribution in [3.8, 4) is 0 Å². The first-order chi connectivity index (χ1) is 4.43. The van der Waals surface area contributed by atoms with E-state index >= 15 is 0 Å². The SMILES string of the molecule is Cl.Cl.ON=Cc1ccncc1. The van der Waals surface area contributed by atoms with Gasteiger partial charge in [-0.1, -0.05) is 5.16 Å². The van der Waals surface area contributed by atoms with Crippen molar-refractivity contribution in [2.24, 2.45) is 5.16 Å². The van der Waals surface area contributed by atoms with Crippen molar-refractivity contribution >= 4 is 31.0 Å². The highest BCUT2D eigenvalue weighted by Crippen LogP contribution is 1.89. The second-order valence-corrected chi connectivity index (χ2v) is 1.53. The standard InChI is InChI=1S/C6H6N2O.2ClH/c9-8-5-6-1-3-7-4-2-6;;/h1-5,9H;2*1H. The lowest BCUT2D eigenvalue weighted by molar-refractivity contribution is 0.322. The van der Waals surface area contributed by atoms with Crippen LogP contribution < -0.4 is 0 Å². The summed E-state index contributed by atoms with van der Waals surface area (Å²) in [6.07, 6.45) is 4.62. The molecule has 0 aliphatic heterocycles. The van der Waals surface area contributed by atoms with E-state index in [-0.39, 0.29) is 24.8 Å². The highest BCUT2D eigenvalue weighted by molar-refractivity contribution is 5.85. The Hall–Kier alpha value is -0.800. The van der Waals surface area contributed by atoms with E-state index < -0.39 is 0 Å². The van der Waals surface area contributed by atoms with Crippen LogP contribution >= 0.6 is 24.8 Å². The normalized spacial score (nSPS) is 8.36. The van der Waals surface area contributed by atoms with Crippen LogP contribution in [0, 0.1) is 0 Å². The number of hydrogen-bond acceptors (Lipinski definition) is 3. The zero-order valence-electron chi connectivity index (χ0n) is 5.54. The van der Waals surface area contributed by atoms with Crippen LogP contribution in [0.15, 0.2) is 29.7 Å². The first kappa shape index (κ1) is 12.8. The highest BCUT2D eigenvalue weighted by Gasteiger charge is 1.80. The van der Waals surface area contributed by atoms with E-state index in [1.807, 2.05) is 0 Å². The van der Waals surface area contributed by atoms with Gasteiger partial charge in [0.1, 0.15) is 0 Å². The average molecular weight is 195 g/mol. The van der Waals surface area contributed by atoms with Crippen molar-refractivity contribution in [1.29, 1.82) is 0 Å². The molecule has 1 heterocycles. The molecule has 1 rings (SSSR count). The summed E-state index contributed by atoms with van der Waals surface area (Å²) in [4.78, 5) is 3.78. The molecule has 1 aromatic heterocycles. The van der Waals surface area contributed by atoms with E-state index in [4.69, 9.17) is 5.21 Å². The average Bonchev–Trinajstić information content (AvgIpc) is 1.91. The first-order valence-electron chi connectivity index (χ1n) is 2.51. The monoisotopic (exact) mass is 194 g/mol. The minimum atomic E-state index is 0. The lowest BCUT2D eigenvalue weighted by atomic mass is 10.3. The number of nitrogens with zero attached hydrogens (tertiary/aromatic N) is 2. The molecule has 0 unspecified atom stereocenters. The highest BCUT2D eigenvalue weighted by atomic mass is 35.5. The molecule has 0 fully saturated rings.